The van der Waals surface area contributed by atoms with Crippen molar-refractivity contribution >= 4 is 29.9 Å². The van der Waals surface area contributed by atoms with Gasteiger partial charge < -0.3 is 16.0 Å². The Morgan fingerprint density at radius 3 is 2.73 bits per heavy atom. The number of carbonyl (C=O) groups is 2. The van der Waals surface area contributed by atoms with Gasteiger partial charge in [0.15, 0.2) is 0 Å². The van der Waals surface area contributed by atoms with E-state index in [1.807, 2.05) is 23.1 Å². The summed E-state index contributed by atoms with van der Waals surface area (Å²) in [5.74, 6) is 1.25. The van der Waals surface area contributed by atoms with Crippen LogP contribution in [0.15, 0.2) is 24.3 Å². The average molecular weight is 378 g/mol. The van der Waals surface area contributed by atoms with E-state index in [1.54, 1.807) is 0 Å². The number of rotatable bonds is 5. The number of anilines is 1. The SMILES string of the molecule is Cl.NC1C2CCC(C2)C1C(=O)NCCCC(=O)N1CCc2ccccc21. The van der Waals surface area contributed by atoms with E-state index in [1.165, 1.54) is 12.0 Å². The molecule has 1 aliphatic heterocycles. The number of hydrogen-bond donors (Lipinski definition) is 2. The maximum absolute atomic E-state index is 12.5. The van der Waals surface area contributed by atoms with Gasteiger partial charge in [-0.25, -0.2) is 0 Å². The lowest BCUT2D eigenvalue weighted by Gasteiger charge is -2.27. The summed E-state index contributed by atoms with van der Waals surface area (Å²) in [5.41, 5.74) is 8.51. The van der Waals surface area contributed by atoms with Gasteiger partial charge in [-0.2, -0.15) is 0 Å². The van der Waals surface area contributed by atoms with E-state index >= 15 is 0 Å². The Hall–Kier alpha value is -1.59. The maximum Gasteiger partial charge on any atom is 0.227 e. The van der Waals surface area contributed by atoms with Crippen LogP contribution < -0.4 is 16.0 Å². The summed E-state index contributed by atoms with van der Waals surface area (Å²) in [7, 11) is 0. The molecule has 0 saturated heterocycles. The highest BCUT2D eigenvalue weighted by Crippen LogP contribution is 2.47. The van der Waals surface area contributed by atoms with Crippen LogP contribution in [0.2, 0.25) is 0 Å². The predicted octanol–water partition coefficient (Wildman–Crippen LogP) is 2.27. The quantitative estimate of drug-likeness (QED) is 0.773. The van der Waals surface area contributed by atoms with Crippen molar-refractivity contribution in [3.8, 4) is 0 Å². The third-order valence-corrected chi connectivity index (χ3v) is 6.34. The minimum atomic E-state index is -0.0140. The Morgan fingerprint density at radius 1 is 1.19 bits per heavy atom. The molecule has 1 heterocycles. The number of nitrogens with zero attached hydrogens (tertiary/aromatic N) is 1. The van der Waals surface area contributed by atoms with Crippen molar-refractivity contribution in [3.05, 3.63) is 29.8 Å². The van der Waals surface area contributed by atoms with Crippen LogP contribution in [0, 0.1) is 17.8 Å². The van der Waals surface area contributed by atoms with Gasteiger partial charge in [0.2, 0.25) is 11.8 Å². The lowest BCUT2D eigenvalue weighted by Crippen LogP contribution is -2.45. The largest absolute Gasteiger partial charge is 0.356 e. The molecule has 2 bridgehead atoms. The number of carbonyl (C=O) groups excluding carboxylic acids is 2. The Labute approximate surface area is 161 Å². The smallest absolute Gasteiger partial charge is 0.227 e. The first-order valence-electron chi connectivity index (χ1n) is 9.56. The Morgan fingerprint density at radius 2 is 1.96 bits per heavy atom. The van der Waals surface area contributed by atoms with Crippen molar-refractivity contribution in [2.24, 2.45) is 23.5 Å². The zero-order chi connectivity index (χ0) is 17.4. The first-order chi connectivity index (χ1) is 12.1. The molecule has 2 amide bonds. The normalized spacial score (nSPS) is 28.6. The molecule has 4 unspecified atom stereocenters. The molecule has 4 rings (SSSR count). The fourth-order valence-electron chi connectivity index (χ4n) is 5.03. The Balaban J connectivity index is 0.00000196. The van der Waals surface area contributed by atoms with Gasteiger partial charge in [0.05, 0.1) is 5.92 Å². The second kappa shape index (κ2) is 7.97. The van der Waals surface area contributed by atoms with E-state index in [0.29, 0.717) is 31.2 Å². The van der Waals surface area contributed by atoms with Crippen LogP contribution in [-0.4, -0.2) is 30.9 Å². The summed E-state index contributed by atoms with van der Waals surface area (Å²) >= 11 is 0. The number of halogens is 1. The lowest BCUT2D eigenvalue weighted by atomic mass is 9.84. The zero-order valence-electron chi connectivity index (χ0n) is 15.0. The van der Waals surface area contributed by atoms with E-state index in [-0.39, 0.29) is 36.2 Å². The molecule has 26 heavy (non-hydrogen) atoms. The summed E-state index contributed by atoms with van der Waals surface area (Å²) in [6.45, 7) is 1.32. The molecule has 1 aromatic rings. The van der Waals surface area contributed by atoms with Crippen LogP contribution in [0.5, 0.6) is 0 Å². The van der Waals surface area contributed by atoms with Crippen LogP contribution in [-0.2, 0) is 16.0 Å². The van der Waals surface area contributed by atoms with Gasteiger partial charge in [0.1, 0.15) is 0 Å². The van der Waals surface area contributed by atoms with Crippen molar-refractivity contribution in [3.63, 3.8) is 0 Å². The summed E-state index contributed by atoms with van der Waals surface area (Å²) < 4.78 is 0. The molecule has 5 nitrogen and oxygen atoms in total. The number of fused-ring (bicyclic) bond motifs is 3. The number of para-hydroxylation sites is 1. The molecule has 6 heteroatoms. The summed E-state index contributed by atoms with van der Waals surface area (Å²) in [5, 5.41) is 3.02. The van der Waals surface area contributed by atoms with Crippen LogP contribution in [0.25, 0.3) is 0 Å². The predicted molar refractivity (Wildman–Crippen MR) is 104 cm³/mol. The minimum absolute atomic E-state index is 0. The lowest BCUT2D eigenvalue weighted by molar-refractivity contribution is -0.127. The molecule has 142 valence electrons. The Bertz CT molecular complexity index is 679. The molecule has 1 aromatic carbocycles. The summed E-state index contributed by atoms with van der Waals surface area (Å²) in [4.78, 5) is 26.8. The first-order valence-corrected chi connectivity index (χ1v) is 9.56. The molecule has 2 saturated carbocycles. The van der Waals surface area contributed by atoms with Crippen molar-refractivity contribution in [2.45, 2.75) is 44.6 Å². The molecule has 0 aromatic heterocycles. The Kier molecular flexibility index (Phi) is 5.88. The van der Waals surface area contributed by atoms with Crippen molar-refractivity contribution < 1.29 is 9.59 Å². The molecular weight excluding hydrogens is 350 g/mol. The molecule has 4 atom stereocenters. The van der Waals surface area contributed by atoms with Crippen molar-refractivity contribution in [1.82, 2.24) is 5.32 Å². The standard InChI is InChI=1S/C20H27N3O2.ClH/c21-19-15-8-7-14(12-15)18(19)20(25)22-10-3-6-17(24)23-11-9-13-4-1-2-5-16(13)23;/h1-2,4-5,14-15,18-19H,3,6-12,21H2,(H,22,25);1H. The monoisotopic (exact) mass is 377 g/mol. The van der Waals surface area contributed by atoms with E-state index in [4.69, 9.17) is 5.73 Å². The van der Waals surface area contributed by atoms with Crippen molar-refractivity contribution in [1.29, 1.82) is 0 Å². The second-order valence-electron chi connectivity index (χ2n) is 7.76. The molecule has 2 aliphatic carbocycles. The minimum Gasteiger partial charge on any atom is -0.356 e. The fourth-order valence-corrected chi connectivity index (χ4v) is 5.03. The van der Waals surface area contributed by atoms with Gasteiger partial charge in [-0.1, -0.05) is 18.2 Å². The fraction of sp³-hybridized carbons (Fsp3) is 0.600. The number of nitrogens with one attached hydrogen (secondary N) is 1. The molecule has 2 fully saturated rings. The number of benzene rings is 1. The van der Waals surface area contributed by atoms with Gasteiger partial charge >= 0.3 is 0 Å². The van der Waals surface area contributed by atoms with E-state index < -0.39 is 0 Å². The second-order valence-corrected chi connectivity index (χ2v) is 7.76. The third-order valence-electron chi connectivity index (χ3n) is 6.34. The van der Waals surface area contributed by atoms with Crippen molar-refractivity contribution in [2.75, 3.05) is 18.0 Å². The van der Waals surface area contributed by atoms with Gasteiger partial charge in [0.25, 0.3) is 0 Å². The van der Waals surface area contributed by atoms with Gasteiger partial charge in [-0.3, -0.25) is 9.59 Å². The summed E-state index contributed by atoms with van der Waals surface area (Å²) in [6.07, 6.45) is 5.52. The maximum atomic E-state index is 12.5. The van der Waals surface area contributed by atoms with E-state index in [9.17, 15) is 9.59 Å². The van der Waals surface area contributed by atoms with Crippen LogP contribution in [0.1, 0.15) is 37.7 Å². The summed E-state index contributed by atoms with van der Waals surface area (Å²) in [6, 6.07) is 8.12. The zero-order valence-corrected chi connectivity index (χ0v) is 15.8. The molecular formula is C20H28ClN3O2. The average Bonchev–Trinajstić information content (AvgIpc) is 3.32. The van der Waals surface area contributed by atoms with Crippen LogP contribution in [0.4, 0.5) is 5.69 Å². The first kappa shape index (κ1) is 19.2. The highest BCUT2D eigenvalue weighted by Gasteiger charge is 2.48. The molecule has 0 spiro atoms. The van der Waals surface area contributed by atoms with Crippen LogP contribution >= 0.6 is 12.4 Å². The van der Waals surface area contributed by atoms with E-state index in [2.05, 4.69) is 11.4 Å². The molecule has 0 radical (unpaired) electrons. The van der Waals surface area contributed by atoms with Gasteiger partial charge in [0, 0.05) is 31.2 Å². The number of amides is 2. The van der Waals surface area contributed by atoms with Gasteiger partial charge in [-0.05, 0) is 55.6 Å². The number of hydrogen-bond acceptors (Lipinski definition) is 3. The highest BCUT2D eigenvalue weighted by atomic mass is 35.5. The van der Waals surface area contributed by atoms with Gasteiger partial charge in [-0.15, -0.1) is 12.4 Å². The molecule has 3 aliphatic rings. The number of nitrogens with two attached hydrogens (primary N) is 1. The third kappa shape index (κ3) is 3.47. The van der Waals surface area contributed by atoms with Crippen LogP contribution in [0.3, 0.4) is 0 Å². The van der Waals surface area contributed by atoms with E-state index in [0.717, 1.165) is 31.5 Å². The topological polar surface area (TPSA) is 75.4 Å². The molecule has 3 N–H and O–H groups in total. The highest BCUT2D eigenvalue weighted by molar-refractivity contribution is 5.95.